The lowest BCUT2D eigenvalue weighted by Crippen LogP contribution is -2.26. The van der Waals surface area contributed by atoms with Crippen molar-refractivity contribution in [2.75, 3.05) is 24.6 Å². The summed E-state index contributed by atoms with van der Waals surface area (Å²) in [7, 11) is 0. The highest BCUT2D eigenvalue weighted by Gasteiger charge is 2.04. The lowest BCUT2D eigenvalue weighted by Gasteiger charge is -2.07. The maximum atomic E-state index is 12.2. The molecule has 0 unspecified atom stereocenters. The van der Waals surface area contributed by atoms with E-state index in [0.29, 0.717) is 24.5 Å². The van der Waals surface area contributed by atoms with Gasteiger partial charge in [-0.2, -0.15) is 11.8 Å². The number of hydrogen-bond acceptors (Lipinski definition) is 5. The minimum Gasteiger partial charge on any atom is -0.398 e. The van der Waals surface area contributed by atoms with Crippen LogP contribution in [0.5, 0.6) is 0 Å². The smallest absolute Gasteiger partial charge is 0.246 e. The topological polar surface area (TPSA) is 110 Å². The summed E-state index contributed by atoms with van der Waals surface area (Å²) < 4.78 is 0. The van der Waals surface area contributed by atoms with Crippen LogP contribution < -0.4 is 22.1 Å². The minimum atomic E-state index is -0.228. The Morgan fingerprint density at radius 2 is 1.03 bits per heavy atom. The van der Waals surface area contributed by atoms with Gasteiger partial charge in [0.1, 0.15) is 0 Å². The second-order valence-electron chi connectivity index (χ2n) is 8.52. The van der Waals surface area contributed by atoms with Gasteiger partial charge in [-0.3, -0.25) is 9.59 Å². The number of carbonyl (C=O) groups excluding carboxylic acids is 2. The highest BCUT2D eigenvalue weighted by molar-refractivity contribution is 7.99. The Morgan fingerprint density at radius 1 is 0.622 bits per heavy atom. The molecule has 0 aliphatic carbocycles. The molecule has 0 saturated carbocycles. The zero-order chi connectivity index (χ0) is 26.0. The Morgan fingerprint density at radius 3 is 1.46 bits per heavy atom. The van der Waals surface area contributed by atoms with Gasteiger partial charge < -0.3 is 22.1 Å². The van der Waals surface area contributed by atoms with Crippen LogP contribution >= 0.6 is 11.8 Å². The molecule has 2 amide bonds. The van der Waals surface area contributed by atoms with E-state index in [2.05, 4.69) is 10.6 Å². The van der Waals surface area contributed by atoms with Gasteiger partial charge in [-0.05, 0) is 44.8 Å². The van der Waals surface area contributed by atoms with Crippen LogP contribution in [-0.2, 0) is 9.59 Å². The minimum absolute atomic E-state index is 0.228. The molecular formula is C30H30N4O2S. The monoisotopic (exact) mass is 510 g/mol. The molecule has 0 bridgehead atoms. The fourth-order valence-electron chi connectivity index (χ4n) is 3.88. The molecule has 4 rings (SSSR count). The predicted molar refractivity (Wildman–Crippen MR) is 156 cm³/mol. The van der Waals surface area contributed by atoms with E-state index in [-0.39, 0.29) is 11.8 Å². The lowest BCUT2D eigenvalue weighted by molar-refractivity contribution is -0.117. The fourth-order valence-corrected chi connectivity index (χ4v) is 4.58. The van der Waals surface area contributed by atoms with Crippen molar-refractivity contribution in [1.82, 2.24) is 10.6 Å². The van der Waals surface area contributed by atoms with Crippen molar-refractivity contribution in [3.05, 3.63) is 108 Å². The molecule has 6 nitrogen and oxygen atoms in total. The van der Waals surface area contributed by atoms with Gasteiger partial charge in [0.25, 0.3) is 0 Å². The van der Waals surface area contributed by atoms with Crippen molar-refractivity contribution in [3.8, 4) is 0 Å². The maximum absolute atomic E-state index is 12.2. The molecule has 188 valence electrons. The molecule has 6 N–H and O–H groups in total. The van der Waals surface area contributed by atoms with Crippen LogP contribution in [-0.4, -0.2) is 36.4 Å². The van der Waals surface area contributed by atoms with Gasteiger partial charge in [-0.1, -0.05) is 72.8 Å². The number of benzene rings is 4. The molecule has 37 heavy (non-hydrogen) atoms. The van der Waals surface area contributed by atoms with E-state index >= 15 is 0 Å². The van der Waals surface area contributed by atoms with E-state index in [1.807, 2.05) is 84.9 Å². The summed E-state index contributed by atoms with van der Waals surface area (Å²) >= 11 is 1.64. The first-order chi connectivity index (χ1) is 18.0. The number of nitrogens with one attached hydrogen (secondary N) is 2. The Bertz CT molecular complexity index is 1370. The van der Waals surface area contributed by atoms with Crippen LogP contribution in [0.1, 0.15) is 11.1 Å². The zero-order valence-corrected chi connectivity index (χ0v) is 21.3. The molecule has 4 aromatic carbocycles. The van der Waals surface area contributed by atoms with Crippen molar-refractivity contribution in [2.45, 2.75) is 0 Å². The molecule has 0 saturated heterocycles. The van der Waals surface area contributed by atoms with E-state index in [4.69, 9.17) is 11.5 Å². The van der Waals surface area contributed by atoms with Crippen LogP contribution in [0.3, 0.4) is 0 Å². The third kappa shape index (κ3) is 7.38. The number of hydrogen-bond donors (Lipinski definition) is 4. The highest BCUT2D eigenvalue weighted by Crippen LogP contribution is 2.19. The summed E-state index contributed by atoms with van der Waals surface area (Å²) in [4.78, 5) is 24.4. The van der Waals surface area contributed by atoms with Gasteiger partial charge >= 0.3 is 0 Å². The molecule has 7 heteroatoms. The van der Waals surface area contributed by atoms with Crippen molar-refractivity contribution >= 4 is 56.5 Å². The SMILES string of the molecule is N/C(=C/C(=O)NCCSCCNC(=O)/C=C(/N)c1ccc2ccccc2c1)c1ccc2ccccc2c1. The first-order valence-corrected chi connectivity index (χ1v) is 13.2. The average Bonchev–Trinajstić information content (AvgIpc) is 2.91. The van der Waals surface area contributed by atoms with Crippen molar-refractivity contribution < 1.29 is 9.59 Å². The Hall–Kier alpha value is -4.23. The van der Waals surface area contributed by atoms with Crippen LogP contribution in [0, 0.1) is 0 Å². The summed E-state index contributed by atoms with van der Waals surface area (Å²) in [5, 5.41) is 10.1. The van der Waals surface area contributed by atoms with Gasteiger partial charge in [0.05, 0.1) is 0 Å². The summed E-state index contributed by atoms with van der Waals surface area (Å²) in [6.45, 7) is 1.02. The molecule has 0 aliphatic rings. The van der Waals surface area contributed by atoms with Gasteiger partial charge in [0, 0.05) is 48.1 Å². The third-order valence-corrected chi connectivity index (χ3v) is 6.82. The van der Waals surface area contributed by atoms with E-state index in [1.54, 1.807) is 11.8 Å². The quantitative estimate of drug-likeness (QED) is 0.188. The van der Waals surface area contributed by atoms with Crippen molar-refractivity contribution in [1.29, 1.82) is 0 Å². The molecule has 0 radical (unpaired) electrons. The van der Waals surface area contributed by atoms with Crippen molar-refractivity contribution in [2.24, 2.45) is 11.5 Å². The van der Waals surface area contributed by atoms with Gasteiger partial charge in [0.15, 0.2) is 0 Å². The van der Waals surface area contributed by atoms with Crippen LogP contribution in [0.2, 0.25) is 0 Å². The zero-order valence-electron chi connectivity index (χ0n) is 20.4. The van der Waals surface area contributed by atoms with E-state index in [1.165, 1.54) is 12.2 Å². The summed E-state index contributed by atoms with van der Waals surface area (Å²) in [5.74, 6) is 0.989. The molecule has 0 fully saturated rings. The number of rotatable bonds is 10. The molecule has 0 aromatic heterocycles. The summed E-state index contributed by atoms with van der Waals surface area (Å²) in [6, 6.07) is 27.8. The second-order valence-corrected chi connectivity index (χ2v) is 9.74. The van der Waals surface area contributed by atoms with Crippen LogP contribution in [0.4, 0.5) is 0 Å². The van der Waals surface area contributed by atoms with Gasteiger partial charge in [-0.15, -0.1) is 0 Å². The van der Waals surface area contributed by atoms with E-state index in [0.717, 1.165) is 44.2 Å². The number of fused-ring (bicyclic) bond motifs is 2. The molecule has 0 aliphatic heterocycles. The summed E-state index contributed by atoms with van der Waals surface area (Å²) in [5.41, 5.74) is 14.7. The van der Waals surface area contributed by atoms with E-state index in [9.17, 15) is 9.59 Å². The number of thioether (sulfide) groups is 1. The van der Waals surface area contributed by atoms with Crippen LogP contribution in [0.25, 0.3) is 32.9 Å². The van der Waals surface area contributed by atoms with Gasteiger partial charge in [-0.25, -0.2) is 0 Å². The van der Waals surface area contributed by atoms with Gasteiger partial charge in [0.2, 0.25) is 11.8 Å². The fraction of sp³-hybridized carbons (Fsp3) is 0.133. The average molecular weight is 511 g/mol. The highest BCUT2D eigenvalue weighted by atomic mass is 32.2. The first kappa shape index (κ1) is 25.9. The maximum Gasteiger partial charge on any atom is 0.246 e. The molecule has 0 spiro atoms. The van der Waals surface area contributed by atoms with E-state index < -0.39 is 0 Å². The summed E-state index contributed by atoms with van der Waals surface area (Å²) in [6.07, 6.45) is 2.84. The molecule has 0 atom stereocenters. The van der Waals surface area contributed by atoms with Crippen LogP contribution in [0.15, 0.2) is 97.1 Å². The normalized spacial score (nSPS) is 12.0. The first-order valence-electron chi connectivity index (χ1n) is 12.1. The Labute approximate surface area is 220 Å². The number of amides is 2. The molecule has 0 heterocycles. The Balaban J connectivity index is 1.14. The standard InChI is InChI=1S/C30H30N4O2S/c31-27(25-11-9-21-5-1-3-7-23(21)17-25)19-29(35)33-13-15-37-16-14-34-30(36)20-28(32)26-12-10-22-6-2-4-8-24(22)18-26/h1-12,17-20H,13-16,31-32H2,(H,33,35)(H,34,36)/b27-19+,28-20+. The largest absolute Gasteiger partial charge is 0.398 e. The molecular weight excluding hydrogens is 480 g/mol. The Kier molecular flexibility index (Phi) is 8.84. The second kappa shape index (κ2) is 12.6. The number of carbonyl (C=O) groups is 2. The lowest BCUT2D eigenvalue weighted by atomic mass is 10.1. The third-order valence-electron chi connectivity index (χ3n) is 5.83. The number of nitrogens with two attached hydrogens (primary N) is 2. The van der Waals surface area contributed by atoms with Crippen molar-refractivity contribution in [3.63, 3.8) is 0 Å². The molecule has 4 aromatic rings. The predicted octanol–water partition coefficient (Wildman–Crippen LogP) is 4.26.